The van der Waals surface area contributed by atoms with E-state index in [2.05, 4.69) is 77.9 Å². The second-order valence-corrected chi connectivity index (χ2v) is 15.2. The molecule has 5 N–H and O–H groups in total. The van der Waals surface area contributed by atoms with E-state index in [1.54, 1.807) is 11.3 Å². The SMILES string of the molecule is CCCC(C)(C)SCC(=O)NCC(=O)NCC(=O)N[C@@H](Cc1ccccc1)C(=O)NCC(=O)NCOCc1ccc(Cc2cc(C)cs2)cc1. The highest BCUT2D eigenvalue weighted by Gasteiger charge is 2.23. The fourth-order valence-electron chi connectivity index (χ4n) is 4.90. The highest BCUT2D eigenvalue weighted by atomic mass is 32.2. The largest absolute Gasteiger partial charge is 0.357 e. The Morgan fingerprint density at radius 3 is 2.12 bits per heavy atom. The molecule has 0 saturated heterocycles. The molecule has 1 aromatic heterocycles. The molecule has 1 heterocycles. The van der Waals surface area contributed by atoms with Crippen molar-refractivity contribution in [2.45, 2.75) is 70.8 Å². The van der Waals surface area contributed by atoms with E-state index < -0.39 is 29.7 Å². The number of carbonyl (C=O) groups excluding carboxylic acids is 5. The molecular formula is C37H49N5O6S2. The number of carbonyl (C=O) groups is 5. The summed E-state index contributed by atoms with van der Waals surface area (Å²) in [5.41, 5.74) is 4.25. The topological polar surface area (TPSA) is 155 Å². The number of hydrogen-bond donors (Lipinski definition) is 5. The third-order valence-electron chi connectivity index (χ3n) is 7.52. The summed E-state index contributed by atoms with van der Waals surface area (Å²) in [4.78, 5) is 63.9. The molecule has 0 unspecified atom stereocenters. The fraction of sp³-hybridized carbons (Fsp3) is 0.432. The fourth-order valence-corrected chi connectivity index (χ4v) is 6.78. The molecule has 1 atom stereocenters. The van der Waals surface area contributed by atoms with Gasteiger partial charge in [0.25, 0.3) is 0 Å². The van der Waals surface area contributed by atoms with Crippen molar-refractivity contribution in [2.24, 2.45) is 0 Å². The monoisotopic (exact) mass is 723 g/mol. The van der Waals surface area contributed by atoms with Gasteiger partial charge in [-0.15, -0.1) is 23.1 Å². The number of ether oxygens (including phenoxy) is 1. The lowest BCUT2D eigenvalue weighted by Gasteiger charge is -2.22. The smallest absolute Gasteiger partial charge is 0.243 e. The Hall–Kier alpha value is -4.20. The van der Waals surface area contributed by atoms with E-state index >= 15 is 0 Å². The molecule has 50 heavy (non-hydrogen) atoms. The predicted octanol–water partition coefficient (Wildman–Crippen LogP) is 3.63. The maximum absolute atomic E-state index is 13.1. The first-order valence-corrected chi connectivity index (χ1v) is 18.5. The van der Waals surface area contributed by atoms with Gasteiger partial charge >= 0.3 is 0 Å². The number of thiophene rings is 1. The quantitative estimate of drug-likeness (QED) is 0.0831. The molecule has 270 valence electrons. The van der Waals surface area contributed by atoms with Crippen molar-refractivity contribution in [1.82, 2.24) is 26.6 Å². The molecule has 0 saturated carbocycles. The van der Waals surface area contributed by atoms with Gasteiger partial charge in [-0.3, -0.25) is 24.0 Å². The lowest BCUT2D eigenvalue weighted by atomic mass is 10.1. The first kappa shape index (κ1) is 40.2. The van der Waals surface area contributed by atoms with Gasteiger partial charge in [0.1, 0.15) is 12.8 Å². The van der Waals surface area contributed by atoms with Crippen LogP contribution in [0.25, 0.3) is 0 Å². The minimum absolute atomic E-state index is 0.0366. The van der Waals surface area contributed by atoms with E-state index in [1.807, 2.05) is 42.5 Å². The van der Waals surface area contributed by atoms with Crippen LogP contribution in [0.15, 0.2) is 66.0 Å². The zero-order chi connectivity index (χ0) is 36.4. The van der Waals surface area contributed by atoms with Gasteiger partial charge in [0.2, 0.25) is 29.5 Å². The van der Waals surface area contributed by atoms with Crippen molar-refractivity contribution in [1.29, 1.82) is 0 Å². The molecule has 0 radical (unpaired) electrons. The predicted molar refractivity (Wildman–Crippen MR) is 199 cm³/mol. The number of benzene rings is 2. The zero-order valence-electron chi connectivity index (χ0n) is 29.3. The summed E-state index contributed by atoms with van der Waals surface area (Å²) >= 11 is 3.28. The second-order valence-electron chi connectivity index (χ2n) is 12.6. The number of thioether (sulfide) groups is 1. The average Bonchev–Trinajstić information content (AvgIpc) is 3.51. The average molecular weight is 724 g/mol. The van der Waals surface area contributed by atoms with Gasteiger partial charge in [-0.05, 0) is 47.0 Å². The van der Waals surface area contributed by atoms with Crippen LogP contribution in [0.3, 0.4) is 0 Å². The third kappa shape index (κ3) is 16.0. The van der Waals surface area contributed by atoms with Gasteiger partial charge in [0.05, 0.1) is 32.0 Å². The molecule has 5 amide bonds. The molecule has 3 aromatic rings. The summed E-state index contributed by atoms with van der Waals surface area (Å²) in [7, 11) is 0. The number of aryl methyl sites for hydroxylation is 1. The summed E-state index contributed by atoms with van der Waals surface area (Å²) in [6, 6.07) is 18.4. The van der Waals surface area contributed by atoms with Gasteiger partial charge < -0.3 is 31.3 Å². The molecule has 2 aromatic carbocycles. The minimum atomic E-state index is -0.999. The summed E-state index contributed by atoms with van der Waals surface area (Å²) in [5.74, 6) is -2.17. The van der Waals surface area contributed by atoms with Crippen LogP contribution < -0.4 is 26.6 Å². The Morgan fingerprint density at radius 1 is 0.800 bits per heavy atom. The number of rotatable bonds is 21. The third-order valence-corrected chi connectivity index (χ3v) is 9.97. The van der Waals surface area contributed by atoms with E-state index in [4.69, 9.17) is 4.74 Å². The van der Waals surface area contributed by atoms with Crippen LogP contribution in [-0.4, -0.2) is 72.4 Å². The zero-order valence-corrected chi connectivity index (χ0v) is 30.9. The van der Waals surface area contributed by atoms with Crippen LogP contribution in [0.5, 0.6) is 0 Å². The molecule has 0 aliphatic heterocycles. The first-order chi connectivity index (χ1) is 23.9. The molecule has 0 bridgehead atoms. The van der Waals surface area contributed by atoms with Gasteiger partial charge in [-0.1, -0.05) is 81.8 Å². The van der Waals surface area contributed by atoms with Crippen molar-refractivity contribution in [2.75, 3.05) is 32.1 Å². The van der Waals surface area contributed by atoms with E-state index in [1.165, 1.54) is 27.8 Å². The molecular weight excluding hydrogens is 675 g/mol. The summed E-state index contributed by atoms with van der Waals surface area (Å²) in [5, 5.41) is 15.0. The second kappa shape index (κ2) is 21.1. The Balaban J connectivity index is 1.38. The van der Waals surface area contributed by atoms with Gasteiger partial charge in [-0.2, -0.15) is 0 Å². The highest BCUT2D eigenvalue weighted by Crippen LogP contribution is 2.28. The van der Waals surface area contributed by atoms with Crippen molar-refractivity contribution in [3.8, 4) is 0 Å². The Labute approximate surface area is 303 Å². The molecule has 0 aliphatic carbocycles. The van der Waals surface area contributed by atoms with Crippen LogP contribution in [-0.2, 0) is 48.2 Å². The highest BCUT2D eigenvalue weighted by molar-refractivity contribution is 8.01. The maximum atomic E-state index is 13.1. The number of nitrogens with one attached hydrogen (secondary N) is 5. The Kier molecular flexibility index (Phi) is 17.0. The van der Waals surface area contributed by atoms with Crippen molar-refractivity contribution in [3.05, 3.63) is 93.2 Å². The van der Waals surface area contributed by atoms with Crippen LogP contribution in [0.4, 0.5) is 0 Å². The lowest BCUT2D eigenvalue weighted by Crippen LogP contribution is -2.52. The van der Waals surface area contributed by atoms with E-state index in [0.29, 0.717) is 6.61 Å². The summed E-state index contributed by atoms with van der Waals surface area (Å²) in [6.07, 6.45) is 3.04. The van der Waals surface area contributed by atoms with Gasteiger partial charge in [0.15, 0.2) is 0 Å². The normalized spacial score (nSPS) is 11.7. The number of amides is 5. The van der Waals surface area contributed by atoms with Crippen LogP contribution in [0, 0.1) is 6.92 Å². The number of hydrogen-bond acceptors (Lipinski definition) is 8. The first-order valence-electron chi connectivity index (χ1n) is 16.7. The molecule has 0 spiro atoms. The maximum Gasteiger partial charge on any atom is 0.243 e. The van der Waals surface area contributed by atoms with Crippen LogP contribution >= 0.6 is 23.1 Å². The molecule has 13 heteroatoms. The van der Waals surface area contributed by atoms with Crippen LogP contribution in [0.1, 0.15) is 60.7 Å². The van der Waals surface area contributed by atoms with E-state index in [9.17, 15) is 24.0 Å². The van der Waals surface area contributed by atoms with Crippen LogP contribution in [0.2, 0.25) is 0 Å². The summed E-state index contributed by atoms with van der Waals surface area (Å²) in [6.45, 7) is 7.63. The molecule has 0 aliphatic rings. The Bertz CT molecular complexity index is 1550. The van der Waals surface area contributed by atoms with Crippen molar-refractivity contribution in [3.63, 3.8) is 0 Å². The standard InChI is InChI=1S/C37H49N5O6S2/c1-5-15-37(3,4)50-24-35(46)39-19-32(43)38-21-34(45)42-31(18-27-9-7-6-8-10-27)36(47)40-20-33(44)41-25-48-22-29-13-11-28(12-14-29)17-30-16-26(2)23-49-30/h6-14,16,23,31H,5,15,17-22,24-25H2,1-4H3,(H,38,43)(H,39,46)(H,40,47)(H,41,44)(H,42,45)/t31-/m0/s1. The Morgan fingerprint density at radius 2 is 1.44 bits per heavy atom. The lowest BCUT2D eigenvalue weighted by molar-refractivity contribution is -0.131. The molecule has 11 nitrogen and oxygen atoms in total. The van der Waals surface area contributed by atoms with Crippen molar-refractivity contribution < 1.29 is 28.7 Å². The van der Waals surface area contributed by atoms with E-state index in [0.717, 1.165) is 30.4 Å². The molecule has 0 fully saturated rings. The minimum Gasteiger partial charge on any atom is -0.357 e. The van der Waals surface area contributed by atoms with E-state index in [-0.39, 0.29) is 49.2 Å². The van der Waals surface area contributed by atoms with Gasteiger partial charge in [-0.25, -0.2) is 0 Å². The molecule has 3 rings (SSSR count). The summed E-state index contributed by atoms with van der Waals surface area (Å²) < 4.78 is 5.55. The van der Waals surface area contributed by atoms with Gasteiger partial charge in [0, 0.05) is 22.5 Å². The van der Waals surface area contributed by atoms with Crippen molar-refractivity contribution >= 4 is 52.6 Å².